The van der Waals surface area contributed by atoms with Gasteiger partial charge in [0.05, 0.1) is 36.8 Å². The Morgan fingerprint density at radius 1 is 1.24 bits per heavy atom. The third kappa shape index (κ3) is 3.02. The third-order valence-electron chi connectivity index (χ3n) is 5.50. The van der Waals surface area contributed by atoms with Gasteiger partial charge in [-0.2, -0.15) is 10.2 Å². The molecule has 7 nitrogen and oxygen atoms in total. The van der Waals surface area contributed by atoms with Crippen molar-refractivity contribution in [3.05, 3.63) is 35.3 Å². The van der Waals surface area contributed by atoms with Crippen LogP contribution in [0.4, 0.5) is 5.82 Å². The van der Waals surface area contributed by atoms with Crippen LogP contribution in [0.5, 0.6) is 0 Å². The van der Waals surface area contributed by atoms with E-state index in [2.05, 4.69) is 49.9 Å². The zero-order chi connectivity index (χ0) is 16.8. The minimum Gasteiger partial charge on any atom is -0.373 e. The van der Waals surface area contributed by atoms with E-state index in [0.717, 1.165) is 50.0 Å². The Morgan fingerprint density at radius 3 is 2.84 bits per heavy atom. The van der Waals surface area contributed by atoms with Crippen molar-refractivity contribution in [3.63, 3.8) is 0 Å². The summed E-state index contributed by atoms with van der Waals surface area (Å²) in [7, 11) is 2.18. The summed E-state index contributed by atoms with van der Waals surface area (Å²) in [5.41, 5.74) is 3.48. The predicted octanol–water partition coefficient (Wildman–Crippen LogP) is 1.40. The lowest BCUT2D eigenvalue weighted by molar-refractivity contribution is 0.0799. The molecule has 2 aromatic heterocycles. The molecule has 0 bridgehead atoms. The molecule has 0 spiro atoms. The van der Waals surface area contributed by atoms with E-state index in [1.54, 1.807) is 0 Å². The molecule has 7 heteroatoms. The highest BCUT2D eigenvalue weighted by molar-refractivity contribution is 5.42. The summed E-state index contributed by atoms with van der Waals surface area (Å²) < 4.78 is 7.57. The Balaban J connectivity index is 1.16. The average Bonchev–Trinajstić information content (AvgIpc) is 3.34. The fourth-order valence-corrected chi connectivity index (χ4v) is 3.64. The Hall–Kier alpha value is -1.99. The van der Waals surface area contributed by atoms with E-state index in [4.69, 9.17) is 9.84 Å². The summed E-state index contributed by atoms with van der Waals surface area (Å²) >= 11 is 0. The number of aromatic nitrogens is 4. The number of likely N-dealkylation sites (N-methyl/N-ethyl adjacent to an activating group) is 1. The fraction of sp³-hybridized carbons (Fsp3) is 0.611. The highest BCUT2D eigenvalue weighted by atomic mass is 16.5. The molecule has 0 amide bonds. The SMILES string of the molecule is CN(Cc1cc2n(n1)CCOC2)C1CN(c2ccc(C3CC3)nn2)C1. The molecule has 1 saturated heterocycles. The molecule has 4 heterocycles. The van der Waals surface area contributed by atoms with Crippen LogP contribution in [0.25, 0.3) is 0 Å². The van der Waals surface area contributed by atoms with Crippen LogP contribution in [0, 0.1) is 0 Å². The smallest absolute Gasteiger partial charge is 0.151 e. The Labute approximate surface area is 147 Å². The van der Waals surface area contributed by atoms with Crippen LogP contribution >= 0.6 is 0 Å². The zero-order valence-electron chi connectivity index (χ0n) is 14.6. The normalized spacial score (nSPS) is 20.6. The molecular formula is C18H24N6O. The third-order valence-corrected chi connectivity index (χ3v) is 5.50. The largest absolute Gasteiger partial charge is 0.373 e. The summed E-state index contributed by atoms with van der Waals surface area (Å²) in [5.74, 6) is 1.67. The van der Waals surface area contributed by atoms with Crippen molar-refractivity contribution >= 4 is 5.82 Å². The number of nitrogens with zero attached hydrogens (tertiary/aromatic N) is 6. The Bertz CT molecular complexity index is 724. The molecule has 1 aliphatic carbocycles. The summed E-state index contributed by atoms with van der Waals surface area (Å²) in [5, 5.41) is 13.5. The van der Waals surface area contributed by atoms with Gasteiger partial charge in [0.25, 0.3) is 0 Å². The van der Waals surface area contributed by atoms with Crippen molar-refractivity contribution in [1.29, 1.82) is 0 Å². The lowest BCUT2D eigenvalue weighted by Crippen LogP contribution is -2.58. The number of ether oxygens (including phenoxy) is 1. The molecule has 132 valence electrons. The zero-order valence-corrected chi connectivity index (χ0v) is 14.6. The maximum atomic E-state index is 5.49. The maximum Gasteiger partial charge on any atom is 0.151 e. The van der Waals surface area contributed by atoms with Gasteiger partial charge < -0.3 is 9.64 Å². The molecule has 0 unspecified atom stereocenters. The molecule has 5 rings (SSSR count). The van der Waals surface area contributed by atoms with Crippen LogP contribution < -0.4 is 4.90 Å². The van der Waals surface area contributed by atoms with E-state index < -0.39 is 0 Å². The molecular weight excluding hydrogens is 316 g/mol. The van der Waals surface area contributed by atoms with Gasteiger partial charge in [0, 0.05) is 31.6 Å². The minimum atomic E-state index is 0.542. The molecule has 1 saturated carbocycles. The van der Waals surface area contributed by atoms with Gasteiger partial charge in [-0.15, -0.1) is 5.10 Å². The van der Waals surface area contributed by atoms with Crippen molar-refractivity contribution in [2.45, 2.75) is 44.5 Å². The highest BCUT2D eigenvalue weighted by Gasteiger charge is 2.32. The molecule has 0 radical (unpaired) electrons. The number of anilines is 1. The maximum absolute atomic E-state index is 5.49. The summed E-state index contributed by atoms with van der Waals surface area (Å²) in [4.78, 5) is 4.69. The molecule has 3 aliphatic rings. The van der Waals surface area contributed by atoms with Crippen LogP contribution in [0.3, 0.4) is 0 Å². The summed E-state index contributed by atoms with van der Waals surface area (Å²) in [6.45, 7) is 5.21. The van der Waals surface area contributed by atoms with Gasteiger partial charge in [-0.05, 0) is 38.1 Å². The lowest BCUT2D eigenvalue weighted by atomic mass is 10.1. The first kappa shape index (κ1) is 15.3. The van der Waals surface area contributed by atoms with Gasteiger partial charge in [-0.3, -0.25) is 9.58 Å². The minimum absolute atomic E-state index is 0.542. The van der Waals surface area contributed by atoms with Crippen molar-refractivity contribution in [3.8, 4) is 0 Å². The van der Waals surface area contributed by atoms with Crippen LogP contribution in [-0.2, 0) is 24.4 Å². The average molecular weight is 340 g/mol. The van der Waals surface area contributed by atoms with Crippen LogP contribution in [-0.4, -0.2) is 57.7 Å². The van der Waals surface area contributed by atoms with Gasteiger partial charge in [0.15, 0.2) is 5.82 Å². The van der Waals surface area contributed by atoms with Crippen molar-refractivity contribution in [1.82, 2.24) is 24.9 Å². The van der Waals surface area contributed by atoms with E-state index in [9.17, 15) is 0 Å². The molecule has 2 aromatic rings. The fourth-order valence-electron chi connectivity index (χ4n) is 3.64. The van der Waals surface area contributed by atoms with Crippen molar-refractivity contribution < 1.29 is 4.74 Å². The number of hydrogen-bond donors (Lipinski definition) is 0. The topological polar surface area (TPSA) is 59.3 Å². The Kier molecular flexibility index (Phi) is 3.71. The number of fused-ring (bicyclic) bond motifs is 1. The molecule has 0 N–H and O–H groups in total. The lowest BCUT2D eigenvalue weighted by Gasteiger charge is -2.44. The second-order valence-electron chi connectivity index (χ2n) is 7.47. The second-order valence-corrected chi connectivity index (χ2v) is 7.47. The van der Waals surface area contributed by atoms with Crippen LogP contribution in [0.2, 0.25) is 0 Å². The molecule has 0 atom stereocenters. The van der Waals surface area contributed by atoms with E-state index in [-0.39, 0.29) is 0 Å². The molecule has 2 fully saturated rings. The predicted molar refractivity (Wildman–Crippen MR) is 93.4 cm³/mol. The van der Waals surface area contributed by atoms with Gasteiger partial charge in [0.2, 0.25) is 0 Å². The van der Waals surface area contributed by atoms with E-state index in [1.807, 2.05) is 0 Å². The summed E-state index contributed by atoms with van der Waals surface area (Å²) in [6.07, 6.45) is 2.54. The molecule has 25 heavy (non-hydrogen) atoms. The highest BCUT2D eigenvalue weighted by Crippen LogP contribution is 2.38. The Morgan fingerprint density at radius 2 is 2.12 bits per heavy atom. The van der Waals surface area contributed by atoms with E-state index >= 15 is 0 Å². The number of rotatable bonds is 5. The monoisotopic (exact) mass is 340 g/mol. The summed E-state index contributed by atoms with van der Waals surface area (Å²) in [6, 6.07) is 6.99. The van der Waals surface area contributed by atoms with Crippen molar-refractivity contribution in [2.75, 3.05) is 31.6 Å². The van der Waals surface area contributed by atoms with Gasteiger partial charge in [-0.1, -0.05) is 0 Å². The quantitative estimate of drug-likeness (QED) is 0.820. The molecule has 0 aromatic carbocycles. The van der Waals surface area contributed by atoms with Crippen molar-refractivity contribution in [2.24, 2.45) is 0 Å². The van der Waals surface area contributed by atoms with Crippen LogP contribution in [0.15, 0.2) is 18.2 Å². The van der Waals surface area contributed by atoms with Gasteiger partial charge >= 0.3 is 0 Å². The first-order valence-electron chi connectivity index (χ1n) is 9.18. The van der Waals surface area contributed by atoms with E-state index in [1.165, 1.54) is 18.5 Å². The van der Waals surface area contributed by atoms with E-state index in [0.29, 0.717) is 18.6 Å². The standard InChI is InChI=1S/C18H24N6O/c1-22(9-14-8-15-12-25-7-6-24(15)21-14)16-10-23(11-16)18-5-4-17(19-20-18)13-2-3-13/h4-5,8,13,16H,2-3,6-7,9-12H2,1H3. The second kappa shape index (κ2) is 6.07. The van der Waals surface area contributed by atoms with Gasteiger partial charge in [-0.25, -0.2) is 0 Å². The first-order chi connectivity index (χ1) is 12.3. The van der Waals surface area contributed by atoms with Crippen LogP contribution in [0.1, 0.15) is 35.8 Å². The number of hydrogen-bond acceptors (Lipinski definition) is 6. The first-order valence-corrected chi connectivity index (χ1v) is 9.18. The molecule has 2 aliphatic heterocycles. The van der Waals surface area contributed by atoms with Gasteiger partial charge in [0.1, 0.15) is 0 Å².